The fraction of sp³-hybridized carbons (Fsp3) is 0.273. The minimum Gasteiger partial charge on any atom is -0.382 e. The maximum atomic E-state index is 12.4. The van der Waals surface area contributed by atoms with E-state index in [0.29, 0.717) is 23.6 Å². The largest absolute Gasteiger partial charge is 0.417 e. The van der Waals surface area contributed by atoms with E-state index in [1.54, 1.807) is 0 Å². The number of nitrogen functional groups attached to an aromatic ring is 1. The molecule has 18 heavy (non-hydrogen) atoms. The van der Waals surface area contributed by atoms with Crippen LogP contribution in [-0.4, -0.2) is 15.2 Å². The first-order valence-electron chi connectivity index (χ1n) is 5.29. The first kappa shape index (κ1) is 12.4. The highest BCUT2D eigenvalue weighted by Gasteiger charge is 2.30. The summed E-state index contributed by atoms with van der Waals surface area (Å²) in [6.07, 6.45) is -2.96. The monoisotopic (exact) mass is 256 g/mol. The molecule has 0 saturated heterocycles. The summed E-state index contributed by atoms with van der Waals surface area (Å²) >= 11 is 0. The van der Waals surface area contributed by atoms with Crippen molar-refractivity contribution >= 4 is 5.82 Å². The van der Waals surface area contributed by atoms with E-state index < -0.39 is 11.7 Å². The molecule has 0 radical (unpaired) electrons. The quantitative estimate of drug-likeness (QED) is 0.867. The first-order chi connectivity index (χ1) is 8.43. The van der Waals surface area contributed by atoms with Crippen molar-refractivity contribution in [3.63, 3.8) is 0 Å². The van der Waals surface area contributed by atoms with Crippen LogP contribution in [0.4, 0.5) is 19.0 Å². The second kappa shape index (κ2) is 4.32. The summed E-state index contributed by atoms with van der Waals surface area (Å²) < 4.78 is 37.2. The molecule has 2 heterocycles. The SMILES string of the molecule is CCc1c(N)n[nH]c1-c1ccc(C(F)(F)F)cn1. The normalized spacial score (nSPS) is 11.8. The van der Waals surface area contributed by atoms with Gasteiger partial charge in [-0.1, -0.05) is 6.92 Å². The Labute approximate surface area is 101 Å². The summed E-state index contributed by atoms with van der Waals surface area (Å²) in [5.74, 6) is 0.342. The van der Waals surface area contributed by atoms with Crippen LogP contribution in [0.15, 0.2) is 18.3 Å². The zero-order chi connectivity index (χ0) is 13.3. The zero-order valence-electron chi connectivity index (χ0n) is 9.54. The highest BCUT2D eigenvalue weighted by Crippen LogP contribution is 2.30. The van der Waals surface area contributed by atoms with Crippen LogP contribution in [0.25, 0.3) is 11.4 Å². The minimum absolute atomic E-state index is 0.342. The average Bonchev–Trinajstić information content (AvgIpc) is 2.69. The molecular weight excluding hydrogens is 245 g/mol. The van der Waals surface area contributed by atoms with Gasteiger partial charge in [0.25, 0.3) is 0 Å². The third-order valence-electron chi connectivity index (χ3n) is 2.60. The third-order valence-corrected chi connectivity index (χ3v) is 2.60. The lowest BCUT2D eigenvalue weighted by Gasteiger charge is -2.06. The molecular formula is C11H11F3N4. The molecule has 0 fully saturated rings. The second-order valence-corrected chi connectivity index (χ2v) is 3.75. The van der Waals surface area contributed by atoms with Crippen molar-refractivity contribution < 1.29 is 13.2 Å². The highest BCUT2D eigenvalue weighted by atomic mass is 19.4. The molecule has 0 saturated carbocycles. The number of nitrogens with two attached hydrogens (primary N) is 1. The molecule has 96 valence electrons. The van der Waals surface area contributed by atoms with Crippen LogP contribution in [0.5, 0.6) is 0 Å². The van der Waals surface area contributed by atoms with Crippen LogP contribution in [-0.2, 0) is 12.6 Å². The number of rotatable bonds is 2. The summed E-state index contributed by atoms with van der Waals surface area (Å²) in [6, 6.07) is 2.29. The smallest absolute Gasteiger partial charge is 0.382 e. The van der Waals surface area contributed by atoms with E-state index in [0.717, 1.165) is 17.8 Å². The fourth-order valence-electron chi connectivity index (χ4n) is 1.66. The molecule has 7 heteroatoms. The van der Waals surface area contributed by atoms with Gasteiger partial charge in [-0.25, -0.2) is 0 Å². The van der Waals surface area contributed by atoms with E-state index in [4.69, 9.17) is 5.73 Å². The number of pyridine rings is 1. The van der Waals surface area contributed by atoms with Crippen LogP contribution in [0, 0.1) is 0 Å². The van der Waals surface area contributed by atoms with Crippen LogP contribution in [0.3, 0.4) is 0 Å². The number of hydrogen-bond acceptors (Lipinski definition) is 3. The van der Waals surface area contributed by atoms with Gasteiger partial charge in [0.1, 0.15) is 5.82 Å². The van der Waals surface area contributed by atoms with Gasteiger partial charge in [0.15, 0.2) is 0 Å². The van der Waals surface area contributed by atoms with Crippen molar-refractivity contribution in [3.05, 3.63) is 29.5 Å². The molecule has 0 bridgehead atoms. The van der Waals surface area contributed by atoms with E-state index in [1.807, 2.05) is 6.92 Å². The summed E-state index contributed by atoms with van der Waals surface area (Å²) in [5.41, 5.74) is 6.56. The fourth-order valence-corrected chi connectivity index (χ4v) is 1.66. The van der Waals surface area contributed by atoms with Crippen LogP contribution in [0.2, 0.25) is 0 Å². The number of anilines is 1. The van der Waals surface area contributed by atoms with Crippen molar-refractivity contribution in [3.8, 4) is 11.4 Å². The standard InChI is InChI=1S/C11H11F3N4/c1-2-7-9(17-18-10(7)15)8-4-3-6(5-16-8)11(12,13)14/h3-5H,2H2,1H3,(H3,15,17,18). The number of H-pyrrole nitrogens is 1. The number of nitrogens with one attached hydrogen (secondary N) is 1. The molecule has 0 aliphatic carbocycles. The van der Waals surface area contributed by atoms with Gasteiger partial charge in [-0.05, 0) is 18.6 Å². The molecule has 2 rings (SSSR count). The van der Waals surface area contributed by atoms with Crippen LogP contribution < -0.4 is 5.73 Å². The summed E-state index contributed by atoms with van der Waals surface area (Å²) in [6.45, 7) is 1.88. The number of alkyl halides is 3. The predicted octanol–water partition coefficient (Wildman–Crippen LogP) is 2.64. The Morgan fingerprint density at radius 1 is 1.33 bits per heavy atom. The van der Waals surface area contributed by atoms with E-state index in [1.165, 1.54) is 6.07 Å². The molecule has 4 nitrogen and oxygen atoms in total. The number of aromatic amines is 1. The van der Waals surface area contributed by atoms with E-state index in [2.05, 4.69) is 15.2 Å². The Kier molecular flexibility index (Phi) is 2.98. The Hall–Kier alpha value is -2.05. The Morgan fingerprint density at radius 2 is 2.06 bits per heavy atom. The first-order valence-corrected chi connectivity index (χ1v) is 5.29. The zero-order valence-corrected chi connectivity index (χ0v) is 9.54. The van der Waals surface area contributed by atoms with Gasteiger partial charge in [0.05, 0.1) is 17.0 Å². The number of aromatic nitrogens is 3. The third kappa shape index (κ3) is 2.15. The predicted molar refractivity (Wildman–Crippen MR) is 60.6 cm³/mol. The summed E-state index contributed by atoms with van der Waals surface area (Å²) in [4.78, 5) is 3.79. The second-order valence-electron chi connectivity index (χ2n) is 3.75. The van der Waals surface area contributed by atoms with Crippen molar-refractivity contribution in [2.45, 2.75) is 19.5 Å². The number of halogens is 3. The molecule has 0 aromatic carbocycles. The van der Waals surface area contributed by atoms with Crippen molar-refractivity contribution in [2.75, 3.05) is 5.73 Å². The number of nitrogens with zero attached hydrogens (tertiary/aromatic N) is 2. The molecule has 0 unspecified atom stereocenters. The summed E-state index contributed by atoms with van der Waals surface area (Å²) in [7, 11) is 0. The van der Waals surface area contributed by atoms with Gasteiger partial charge in [-0.2, -0.15) is 18.3 Å². The van der Waals surface area contributed by atoms with Crippen molar-refractivity contribution in [1.29, 1.82) is 0 Å². The Morgan fingerprint density at radius 3 is 2.56 bits per heavy atom. The highest BCUT2D eigenvalue weighted by molar-refractivity contribution is 5.64. The molecule has 0 atom stereocenters. The van der Waals surface area contributed by atoms with Gasteiger partial charge >= 0.3 is 6.18 Å². The topological polar surface area (TPSA) is 67.6 Å². The van der Waals surface area contributed by atoms with Gasteiger partial charge in [0.2, 0.25) is 0 Å². The Bertz CT molecular complexity index is 542. The number of hydrogen-bond donors (Lipinski definition) is 2. The summed E-state index contributed by atoms with van der Waals surface area (Å²) in [5, 5.41) is 6.51. The maximum absolute atomic E-state index is 12.4. The van der Waals surface area contributed by atoms with Gasteiger partial charge < -0.3 is 5.73 Å². The minimum atomic E-state index is -4.38. The molecule has 0 amide bonds. The molecule has 0 spiro atoms. The van der Waals surface area contributed by atoms with Crippen molar-refractivity contribution in [1.82, 2.24) is 15.2 Å². The van der Waals surface area contributed by atoms with Gasteiger partial charge in [-0.15, -0.1) is 0 Å². The van der Waals surface area contributed by atoms with Gasteiger partial charge in [-0.3, -0.25) is 10.1 Å². The van der Waals surface area contributed by atoms with Crippen LogP contribution in [0.1, 0.15) is 18.1 Å². The van der Waals surface area contributed by atoms with E-state index >= 15 is 0 Å². The molecule has 0 aliphatic rings. The van der Waals surface area contributed by atoms with E-state index in [-0.39, 0.29) is 0 Å². The van der Waals surface area contributed by atoms with Crippen LogP contribution >= 0.6 is 0 Å². The lowest BCUT2D eigenvalue weighted by Crippen LogP contribution is -2.05. The average molecular weight is 256 g/mol. The van der Waals surface area contributed by atoms with E-state index in [9.17, 15) is 13.2 Å². The lowest BCUT2D eigenvalue weighted by molar-refractivity contribution is -0.137. The maximum Gasteiger partial charge on any atom is 0.417 e. The van der Waals surface area contributed by atoms with Crippen molar-refractivity contribution in [2.24, 2.45) is 0 Å². The lowest BCUT2D eigenvalue weighted by atomic mass is 10.1. The van der Waals surface area contributed by atoms with Gasteiger partial charge in [0, 0.05) is 11.8 Å². The molecule has 0 aliphatic heterocycles. The molecule has 2 aromatic rings. The molecule has 3 N–H and O–H groups in total. The Balaban J connectivity index is 2.40. The molecule has 2 aromatic heterocycles.